The maximum Gasteiger partial charge on any atom is 0.145 e. The minimum absolute atomic E-state index is 0.197. The van der Waals surface area contributed by atoms with Crippen molar-refractivity contribution in [3.05, 3.63) is 30.1 Å². The lowest BCUT2D eigenvalue weighted by atomic mass is 10.1. The number of hydrogen-bond donors (Lipinski definition) is 2. The zero-order chi connectivity index (χ0) is 14.7. The van der Waals surface area contributed by atoms with Gasteiger partial charge in [-0.2, -0.15) is 0 Å². The van der Waals surface area contributed by atoms with E-state index in [1.54, 1.807) is 0 Å². The first-order valence-corrected chi connectivity index (χ1v) is 7.64. The minimum atomic E-state index is 0.197. The fourth-order valence-electron chi connectivity index (χ4n) is 3.06. The molecule has 1 aliphatic rings. The molecule has 1 saturated heterocycles. The van der Waals surface area contributed by atoms with Gasteiger partial charge in [-0.1, -0.05) is 25.0 Å². The van der Waals surface area contributed by atoms with E-state index in [2.05, 4.69) is 14.9 Å². The second-order valence-corrected chi connectivity index (χ2v) is 5.70. The first-order chi connectivity index (χ1) is 10.3. The molecular weight excluding hydrogens is 264 g/mol. The largest absolute Gasteiger partial charge is 0.395 e. The smallest absolute Gasteiger partial charge is 0.145 e. The maximum atomic E-state index is 9.58. The molecule has 1 aromatic heterocycles. The number of likely N-dealkylation sites (tertiary alicyclic amines) is 1. The number of hydrogen-bond acceptors (Lipinski definition) is 5. The Hall–Kier alpha value is -1.72. The van der Waals surface area contributed by atoms with E-state index in [-0.39, 0.29) is 12.6 Å². The lowest BCUT2D eigenvalue weighted by Gasteiger charge is -2.27. The van der Waals surface area contributed by atoms with Gasteiger partial charge in [-0.25, -0.2) is 9.97 Å². The fraction of sp³-hybridized carbons (Fsp3) is 0.500. The number of para-hydroxylation sites is 1. The van der Waals surface area contributed by atoms with Crippen LogP contribution in [0.25, 0.3) is 10.9 Å². The molecular formula is C16H22N4O. The maximum absolute atomic E-state index is 9.58. The number of fused-ring (bicyclic) bond motifs is 1. The van der Waals surface area contributed by atoms with Crippen molar-refractivity contribution in [1.82, 2.24) is 14.9 Å². The number of nitrogens with zero attached hydrogens (tertiary/aromatic N) is 3. The van der Waals surface area contributed by atoms with Gasteiger partial charge in [-0.15, -0.1) is 0 Å². The van der Waals surface area contributed by atoms with E-state index in [1.165, 1.54) is 19.3 Å². The second-order valence-electron chi connectivity index (χ2n) is 5.70. The average Bonchev–Trinajstić information content (AvgIpc) is 2.72. The van der Waals surface area contributed by atoms with Crippen LogP contribution in [0.1, 0.15) is 31.5 Å². The van der Waals surface area contributed by atoms with Crippen LogP contribution in [0.4, 0.5) is 5.82 Å². The Kier molecular flexibility index (Phi) is 4.31. The van der Waals surface area contributed by atoms with E-state index in [0.29, 0.717) is 12.4 Å². The summed E-state index contributed by atoms with van der Waals surface area (Å²) in [6.45, 7) is 1.84. The van der Waals surface area contributed by atoms with Crippen LogP contribution in [-0.2, 0) is 6.54 Å². The van der Waals surface area contributed by atoms with Crippen molar-refractivity contribution in [3.8, 4) is 0 Å². The van der Waals surface area contributed by atoms with Crippen LogP contribution in [0.15, 0.2) is 24.3 Å². The SMILES string of the molecule is Nc1nc(CN2CCCCCC2CO)nc2ccccc12. The van der Waals surface area contributed by atoms with Crippen LogP contribution >= 0.6 is 0 Å². The third-order valence-electron chi connectivity index (χ3n) is 4.23. The first kappa shape index (κ1) is 14.2. The zero-order valence-corrected chi connectivity index (χ0v) is 12.2. The molecule has 1 aromatic carbocycles. The van der Waals surface area contributed by atoms with Crippen LogP contribution in [0.2, 0.25) is 0 Å². The number of aliphatic hydroxyl groups is 1. The van der Waals surface area contributed by atoms with Crippen LogP contribution < -0.4 is 5.73 Å². The molecule has 0 spiro atoms. The molecule has 2 heterocycles. The minimum Gasteiger partial charge on any atom is -0.395 e. The molecule has 1 unspecified atom stereocenters. The molecule has 5 heteroatoms. The number of aromatic nitrogens is 2. The fourth-order valence-corrected chi connectivity index (χ4v) is 3.06. The standard InChI is InChI=1S/C16H22N4O/c17-16-13-7-3-4-8-14(13)18-15(19-16)10-20-9-5-1-2-6-12(20)11-21/h3-4,7-8,12,21H,1-2,5-6,9-11H2,(H2,17,18,19). The van der Waals surface area contributed by atoms with Gasteiger partial charge >= 0.3 is 0 Å². The second kappa shape index (κ2) is 6.37. The first-order valence-electron chi connectivity index (χ1n) is 7.64. The molecule has 0 bridgehead atoms. The normalized spacial score (nSPS) is 20.5. The van der Waals surface area contributed by atoms with E-state index >= 15 is 0 Å². The number of nitrogen functional groups attached to an aromatic ring is 1. The van der Waals surface area contributed by atoms with Crippen molar-refractivity contribution in [3.63, 3.8) is 0 Å². The summed E-state index contributed by atoms with van der Waals surface area (Å²) < 4.78 is 0. The van der Waals surface area contributed by atoms with Crippen molar-refractivity contribution in [2.45, 2.75) is 38.3 Å². The Morgan fingerprint density at radius 3 is 2.90 bits per heavy atom. The van der Waals surface area contributed by atoms with Gasteiger partial charge in [-0.05, 0) is 31.5 Å². The lowest BCUT2D eigenvalue weighted by Crippen LogP contribution is -2.37. The summed E-state index contributed by atoms with van der Waals surface area (Å²) in [5.74, 6) is 1.28. The molecule has 5 nitrogen and oxygen atoms in total. The van der Waals surface area contributed by atoms with E-state index in [1.807, 2.05) is 24.3 Å². The van der Waals surface area contributed by atoms with Crippen LogP contribution in [0.5, 0.6) is 0 Å². The number of aliphatic hydroxyl groups excluding tert-OH is 1. The topological polar surface area (TPSA) is 75.3 Å². The van der Waals surface area contributed by atoms with Crippen LogP contribution in [0, 0.1) is 0 Å². The number of rotatable bonds is 3. The lowest BCUT2D eigenvalue weighted by molar-refractivity contribution is 0.116. The molecule has 0 aliphatic carbocycles. The monoisotopic (exact) mass is 286 g/mol. The van der Waals surface area contributed by atoms with Gasteiger partial charge in [0.15, 0.2) is 0 Å². The molecule has 0 saturated carbocycles. The van der Waals surface area contributed by atoms with Gasteiger partial charge < -0.3 is 10.8 Å². The number of nitrogens with two attached hydrogens (primary N) is 1. The molecule has 2 aromatic rings. The predicted molar refractivity (Wildman–Crippen MR) is 83.7 cm³/mol. The van der Waals surface area contributed by atoms with E-state index in [9.17, 15) is 5.11 Å². The van der Waals surface area contributed by atoms with Crippen LogP contribution in [0.3, 0.4) is 0 Å². The van der Waals surface area contributed by atoms with Gasteiger partial charge in [0.1, 0.15) is 11.6 Å². The summed E-state index contributed by atoms with van der Waals surface area (Å²) in [7, 11) is 0. The third kappa shape index (κ3) is 3.14. The highest BCUT2D eigenvalue weighted by molar-refractivity contribution is 5.87. The van der Waals surface area contributed by atoms with Crippen molar-refractivity contribution in [2.75, 3.05) is 18.9 Å². The molecule has 0 amide bonds. The molecule has 21 heavy (non-hydrogen) atoms. The van der Waals surface area contributed by atoms with Gasteiger partial charge in [0.05, 0.1) is 18.7 Å². The van der Waals surface area contributed by atoms with Crippen molar-refractivity contribution in [2.24, 2.45) is 0 Å². The molecule has 1 fully saturated rings. The van der Waals surface area contributed by atoms with Crippen LogP contribution in [-0.4, -0.2) is 39.2 Å². The Bertz CT molecular complexity index is 616. The molecule has 3 rings (SSSR count). The van der Waals surface area contributed by atoms with E-state index in [4.69, 9.17) is 5.73 Å². The Morgan fingerprint density at radius 2 is 2.05 bits per heavy atom. The summed E-state index contributed by atoms with van der Waals surface area (Å²) >= 11 is 0. The number of anilines is 1. The Labute approximate surface area is 124 Å². The van der Waals surface area contributed by atoms with Crippen molar-refractivity contribution < 1.29 is 5.11 Å². The summed E-state index contributed by atoms with van der Waals surface area (Å²) in [4.78, 5) is 11.3. The van der Waals surface area contributed by atoms with Crippen molar-refractivity contribution in [1.29, 1.82) is 0 Å². The van der Waals surface area contributed by atoms with Gasteiger partial charge in [-0.3, -0.25) is 4.90 Å². The summed E-state index contributed by atoms with van der Waals surface area (Å²) in [6.07, 6.45) is 4.62. The highest BCUT2D eigenvalue weighted by Gasteiger charge is 2.21. The quantitative estimate of drug-likeness (QED) is 0.902. The average molecular weight is 286 g/mol. The summed E-state index contributed by atoms with van der Waals surface area (Å²) in [5.41, 5.74) is 6.93. The van der Waals surface area contributed by atoms with Gasteiger partial charge in [0.2, 0.25) is 0 Å². The number of benzene rings is 1. The molecule has 1 aliphatic heterocycles. The molecule has 3 N–H and O–H groups in total. The van der Waals surface area contributed by atoms with Gasteiger partial charge in [0, 0.05) is 11.4 Å². The highest BCUT2D eigenvalue weighted by atomic mass is 16.3. The Balaban J connectivity index is 1.86. The zero-order valence-electron chi connectivity index (χ0n) is 12.2. The highest BCUT2D eigenvalue weighted by Crippen LogP contribution is 2.21. The summed E-state index contributed by atoms with van der Waals surface area (Å²) in [5, 5.41) is 10.5. The Morgan fingerprint density at radius 1 is 1.19 bits per heavy atom. The van der Waals surface area contributed by atoms with Gasteiger partial charge in [0.25, 0.3) is 0 Å². The van der Waals surface area contributed by atoms with E-state index < -0.39 is 0 Å². The molecule has 1 atom stereocenters. The molecule has 112 valence electrons. The third-order valence-corrected chi connectivity index (χ3v) is 4.23. The summed E-state index contributed by atoms with van der Waals surface area (Å²) in [6, 6.07) is 8.02. The molecule has 0 radical (unpaired) electrons. The predicted octanol–water partition coefficient (Wildman–Crippen LogP) is 1.95. The van der Waals surface area contributed by atoms with Crippen molar-refractivity contribution >= 4 is 16.7 Å². The van der Waals surface area contributed by atoms with E-state index in [0.717, 1.165) is 29.7 Å².